The third-order valence-corrected chi connectivity index (χ3v) is 2.25. The molecule has 0 saturated carbocycles. The Morgan fingerprint density at radius 3 is 2.18 bits per heavy atom. The molecular formula is C6H5Br2O2P. The fourth-order valence-corrected chi connectivity index (χ4v) is 1.97. The molecule has 1 aromatic rings. The van der Waals surface area contributed by atoms with Gasteiger partial charge in [-0.25, -0.2) is 0 Å². The van der Waals surface area contributed by atoms with Gasteiger partial charge < -0.3 is 4.52 Å². The molecule has 0 aliphatic carbocycles. The average Bonchev–Trinajstić information content (AvgIpc) is 1.85. The quantitative estimate of drug-likeness (QED) is 0.773. The van der Waals surface area contributed by atoms with E-state index in [1.807, 2.05) is 18.2 Å². The van der Waals surface area contributed by atoms with Crippen LogP contribution >= 0.6 is 35.8 Å². The first-order valence-corrected chi connectivity index (χ1v) is 8.48. The minimum Gasteiger partial charge on any atom is -0.429 e. The van der Waals surface area contributed by atoms with Crippen molar-refractivity contribution in [2.45, 2.75) is 0 Å². The van der Waals surface area contributed by atoms with Gasteiger partial charge in [-0.1, -0.05) is 18.2 Å². The van der Waals surface area contributed by atoms with Crippen LogP contribution in [0.25, 0.3) is 0 Å². The minimum absolute atomic E-state index is 0.574. The largest absolute Gasteiger partial charge is 0.429 e. The van der Waals surface area contributed by atoms with Crippen LogP contribution in [0.5, 0.6) is 5.75 Å². The molecule has 0 unspecified atom stereocenters. The summed E-state index contributed by atoms with van der Waals surface area (Å²) >= 11 is 5.73. The van der Waals surface area contributed by atoms with Gasteiger partial charge in [-0.2, -0.15) is 0 Å². The monoisotopic (exact) mass is 298 g/mol. The predicted molar refractivity (Wildman–Crippen MR) is 52.5 cm³/mol. The normalized spacial score (nSPS) is 11.1. The zero-order valence-corrected chi connectivity index (χ0v) is 9.47. The zero-order chi connectivity index (χ0) is 8.32. The summed E-state index contributed by atoms with van der Waals surface area (Å²) in [6.07, 6.45) is 0. The Labute approximate surface area is 80.9 Å². The van der Waals surface area contributed by atoms with Crippen LogP contribution in [-0.2, 0) is 4.57 Å². The summed E-state index contributed by atoms with van der Waals surface area (Å²) in [5.41, 5.74) is 0. The Balaban J connectivity index is 2.74. The first-order chi connectivity index (χ1) is 5.08. The Kier molecular flexibility index (Phi) is 3.16. The number of para-hydroxylation sites is 1. The van der Waals surface area contributed by atoms with Gasteiger partial charge in [0.05, 0.1) is 0 Å². The van der Waals surface area contributed by atoms with E-state index in [4.69, 9.17) is 4.52 Å². The van der Waals surface area contributed by atoms with Gasteiger partial charge in [0.25, 0.3) is 0 Å². The third-order valence-electron chi connectivity index (χ3n) is 0.955. The van der Waals surface area contributed by atoms with Crippen molar-refractivity contribution in [1.82, 2.24) is 0 Å². The number of halogens is 2. The van der Waals surface area contributed by atoms with Crippen molar-refractivity contribution in [1.29, 1.82) is 0 Å². The van der Waals surface area contributed by atoms with Crippen molar-refractivity contribution in [3.8, 4) is 5.75 Å². The predicted octanol–water partition coefficient (Wildman–Crippen LogP) is 3.96. The number of benzene rings is 1. The molecule has 1 rings (SSSR count). The molecule has 0 fully saturated rings. The molecule has 0 spiro atoms. The van der Waals surface area contributed by atoms with Gasteiger partial charge in [0, 0.05) is 31.0 Å². The molecule has 2 nitrogen and oxygen atoms in total. The van der Waals surface area contributed by atoms with E-state index in [1.165, 1.54) is 0 Å². The maximum absolute atomic E-state index is 11.0. The van der Waals surface area contributed by atoms with Gasteiger partial charge in [0.1, 0.15) is 5.75 Å². The minimum atomic E-state index is -2.76. The Hall–Kier alpha value is 0.210. The third kappa shape index (κ3) is 3.94. The van der Waals surface area contributed by atoms with Crippen LogP contribution in [0.4, 0.5) is 0 Å². The lowest BCUT2D eigenvalue weighted by Crippen LogP contribution is -1.78. The van der Waals surface area contributed by atoms with Gasteiger partial charge in [-0.15, -0.1) is 0 Å². The van der Waals surface area contributed by atoms with Crippen molar-refractivity contribution in [2.24, 2.45) is 0 Å². The summed E-state index contributed by atoms with van der Waals surface area (Å²) in [5, 5.41) is 0. The maximum Gasteiger partial charge on any atom is 0.374 e. The smallest absolute Gasteiger partial charge is 0.374 e. The summed E-state index contributed by atoms with van der Waals surface area (Å²) in [6.45, 7) is 0. The number of rotatable bonds is 2. The molecule has 0 heterocycles. The number of hydrogen-bond acceptors (Lipinski definition) is 2. The first-order valence-electron chi connectivity index (χ1n) is 2.82. The Morgan fingerprint density at radius 2 is 1.73 bits per heavy atom. The van der Waals surface area contributed by atoms with Crippen LogP contribution in [0.1, 0.15) is 0 Å². The molecule has 0 N–H and O–H groups in total. The van der Waals surface area contributed by atoms with Crippen molar-refractivity contribution in [3.63, 3.8) is 0 Å². The Morgan fingerprint density at radius 1 is 1.18 bits per heavy atom. The van der Waals surface area contributed by atoms with E-state index in [0.717, 1.165) is 0 Å². The van der Waals surface area contributed by atoms with Crippen LogP contribution in [0.15, 0.2) is 30.3 Å². The molecule has 60 valence electrons. The van der Waals surface area contributed by atoms with Crippen molar-refractivity contribution < 1.29 is 9.09 Å². The summed E-state index contributed by atoms with van der Waals surface area (Å²) in [4.78, 5) is 0. The molecule has 0 amide bonds. The topological polar surface area (TPSA) is 26.3 Å². The van der Waals surface area contributed by atoms with Crippen LogP contribution in [0.2, 0.25) is 0 Å². The van der Waals surface area contributed by atoms with Crippen LogP contribution in [0, 0.1) is 0 Å². The molecule has 0 aliphatic rings. The van der Waals surface area contributed by atoms with E-state index < -0.39 is 4.77 Å². The second-order valence-electron chi connectivity index (χ2n) is 1.82. The highest BCUT2D eigenvalue weighted by Crippen LogP contribution is 2.61. The molecule has 0 bridgehead atoms. The highest BCUT2D eigenvalue weighted by molar-refractivity contribution is 9.70. The summed E-state index contributed by atoms with van der Waals surface area (Å²) in [5.74, 6) is 0.574. The maximum atomic E-state index is 11.0. The molecule has 0 aliphatic heterocycles. The highest BCUT2D eigenvalue weighted by atomic mass is 79.9. The second kappa shape index (κ2) is 3.74. The van der Waals surface area contributed by atoms with Gasteiger partial charge in [-0.05, 0) is 12.1 Å². The molecule has 0 radical (unpaired) electrons. The van der Waals surface area contributed by atoms with E-state index in [0.29, 0.717) is 5.75 Å². The molecule has 1 aromatic carbocycles. The zero-order valence-electron chi connectivity index (χ0n) is 5.41. The molecular weight excluding hydrogens is 295 g/mol. The van der Waals surface area contributed by atoms with Gasteiger partial charge in [0.2, 0.25) is 0 Å². The van der Waals surface area contributed by atoms with Crippen LogP contribution in [0.3, 0.4) is 0 Å². The summed E-state index contributed by atoms with van der Waals surface area (Å²) in [7, 11) is 0. The van der Waals surface area contributed by atoms with E-state index in [2.05, 4.69) is 31.0 Å². The fraction of sp³-hybridized carbons (Fsp3) is 0. The van der Waals surface area contributed by atoms with Gasteiger partial charge in [-0.3, -0.25) is 4.57 Å². The Bertz CT molecular complexity index is 269. The standard InChI is InChI=1S/C6H5Br2O2P/c7-11(8,9)10-6-4-2-1-3-5-6/h1-5H. The lowest BCUT2D eigenvalue weighted by Gasteiger charge is -2.04. The van der Waals surface area contributed by atoms with Crippen LogP contribution in [-0.4, -0.2) is 0 Å². The highest BCUT2D eigenvalue weighted by Gasteiger charge is 2.13. The van der Waals surface area contributed by atoms with Crippen molar-refractivity contribution >= 4 is 35.8 Å². The fourth-order valence-electron chi connectivity index (χ4n) is 0.604. The summed E-state index contributed by atoms with van der Waals surface area (Å²) in [6, 6.07) is 8.95. The summed E-state index contributed by atoms with van der Waals surface area (Å²) < 4.78 is 13.2. The molecule has 0 atom stereocenters. The van der Waals surface area contributed by atoms with Gasteiger partial charge >= 0.3 is 4.77 Å². The lowest BCUT2D eigenvalue weighted by molar-refractivity contribution is 0.518. The lowest BCUT2D eigenvalue weighted by atomic mass is 10.3. The van der Waals surface area contributed by atoms with Crippen molar-refractivity contribution in [3.05, 3.63) is 30.3 Å². The SMILES string of the molecule is O=P(Br)(Br)Oc1ccccc1. The molecule has 0 saturated heterocycles. The average molecular weight is 300 g/mol. The van der Waals surface area contributed by atoms with E-state index in [-0.39, 0.29) is 0 Å². The molecule has 5 heteroatoms. The van der Waals surface area contributed by atoms with E-state index in [1.54, 1.807) is 12.1 Å². The molecule has 0 aromatic heterocycles. The van der Waals surface area contributed by atoms with Crippen LogP contribution < -0.4 is 4.52 Å². The molecule has 11 heavy (non-hydrogen) atoms. The van der Waals surface area contributed by atoms with Gasteiger partial charge in [0.15, 0.2) is 0 Å². The van der Waals surface area contributed by atoms with Crippen molar-refractivity contribution in [2.75, 3.05) is 0 Å². The second-order valence-corrected chi connectivity index (χ2v) is 11.3. The first kappa shape index (κ1) is 9.30. The van der Waals surface area contributed by atoms with E-state index >= 15 is 0 Å². The van der Waals surface area contributed by atoms with E-state index in [9.17, 15) is 4.57 Å². The number of hydrogen-bond donors (Lipinski definition) is 0.